The van der Waals surface area contributed by atoms with Gasteiger partial charge in [0.2, 0.25) is 0 Å². The van der Waals surface area contributed by atoms with E-state index in [4.69, 9.17) is 11.6 Å². The van der Waals surface area contributed by atoms with Crippen LogP contribution in [0.5, 0.6) is 0 Å². The van der Waals surface area contributed by atoms with Crippen LogP contribution in [-0.4, -0.2) is 8.07 Å². The lowest BCUT2D eigenvalue weighted by Gasteiger charge is -2.43. The van der Waals surface area contributed by atoms with E-state index in [2.05, 4.69) is 77.1 Å². The first kappa shape index (κ1) is 16.3. The number of hydrogen-bond donors (Lipinski definition) is 0. The molecule has 0 bridgehead atoms. The third kappa shape index (κ3) is 3.07. The van der Waals surface area contributed by atoms with Crippen molar-refractivity contribution in [1.29, 1.82) is 0 Å². The number of hydrogen-bond acceptors (Lipinski definition) is 0. The summed E-state index contributed by atoms with van der Waals surface area (Å²) in [4.78, 5) is 0. The molecule has 0 fully saturated rings. The highest BCUT2D eigenvalue weighted by Crippen LogP contribution is 2.40. The van der Waals surface area contributed by atoms with Crippen LogP contribution in [0.25, 0.3) is 0 Å². The molecule has 1 rings (SSSR count). The zero-order valence-corrected chi connectivity index (χ0v) is 14.7. The van der Waals surface area contributed by atoms with Crippen LogP contribution in [-0.2, 0) is 0 Å². The minimum atomic E-state index is -1.53. The molecule has 0 spiro atoms. The molecule has 0 saturated carbocycles. The third-order valence-corrected chi connectivity index (χ3v) is 11.6. The van der Waals surface area contributed by atoms with Gasteiger partial charge in [-0.3, -0.25) is 0 Å². The normalized spacial score (nSPS) is 11.9. The van der Waals surface area contributed by atoms with Gasteiger partial charge < -0.3 is 0 Å². The molecule has 1 aromatic rings. The SMILES string of the molecule is CC(C)[Si](c1ccc(C#CCl)cc1)(C(C)C)C(C)C. The molecule has 0 heterocycles. The van der Waals surface area contributed by atoms with Crippen molar-refractivity contribution in [3.8, 4) is 11.3 Å². The molecular formula is C17H25ClSi. The second-order valence-corrected chi connectivity index (χ2v) is 12.3. The van der Waals surface area contributed by atoms with Gasteiger partial charge in [0.15, 0.2) is 0 Å². The molecule has 0 aliphatic heterocycles. The van der Waals surface area contributed by atoms with Gasteiger partial charge in [-0.2, -0.15) is 0 Å². The van der Waals surface area contributed by atoms with Crippen molar-refractivity contribution in [2.45, 2.75) is 58.2 Å². The summed E-state index contributed by atoms with van der Waals surface area (Å²) in [6.07, 6.45) is 0. The molecule has 1 aromatic carbocycles. The molecule has 0 nitrogen and oxygen atoms in total. The molecule has 0 aromatic heterocycles. The fourth-order valence-corrected chi connectivity index (χ4v) is 10.7. The Kier molecular flexibility index (Phi) is 5.71. The number of benzene rings is 1. The summed E-state index contributed by atoms with van der Waals surface area (Å²) in [6, 6.07) is 8.78. The maximum atomic E-state index is 5.46. The zero-order chi connectivity index (χ0) is 14.6. The van der Waals surface area contributed by atoms with E-state index in [1.54, 1.807) is 5.19 Å². The summed E-state index contributed by atoms with van der Waals surface area (Å²) >= 11 is 5.46. The summed E-state index contributed by atoms with van der Waals surface area (Å²) in [5, 5.41) is 3.99. The van der Waals surface area contributed by atoms with Crippen LogP contribution in [0.2, 0.25) is 16.6 Å². The quantitative estimate of drug-likeness (QED) is 0.534. The monoisotopic (exact) mass is 292 g/mol. The van der Waals surface area contributed by atoms with Crippen LogP contribution in [0, 0.1) is 11.3 Å². The van der Waals surface area contributed by atoms with Crippen molar-refractivity contribution in [2.24, 2.45) is 0 Å². The first-order valence-electron chi connectivity index (χ1n) is 7.09. The van der Waals surface area contributed by atoms with Crippen molar-refractivity contribution in [3.05, 3.63) is 29.8 Å². The van der Waals surface area contributed by atoms with Crippen molar-refractivity contribution in [3.63, 3.8) is 0 Å². The van der Waals surface area contributed by atoms with Gasteiger partial charge in [-0.25, -0.2) is 0 Å². The highest BCUT2D eigenvalue weighted by atomic mass is 35.5. The Morgan fingerprint density at radius 1 is 0.842 bits per heavy atom. The number of rotatable bonds is 4. The van der Waals surface area contributed by atoms with Crippen LogP contribution in [0.3, 0.4) is 0 Å². The Hall–Kier alpha value is -0.713. The van der Waals surface area contributed by atoms with E-state index in [-0.39, 0.29) is 0 Å². The molecule has 19 heavy (non-hydrogen) atoms. The van der Waals surface area contributed by atoms with E-state index in [0.717, 1.165) is 22.2 Å². The standard InChI is InChI=1S/C17H25ClSi/c1-13(2)19(14(3)4,15(5)6)17-9-7-16(8-10-17)11-12-18/h7-10,13-15H,1-6H3. The molecule has 0 unspecified atom stereocenters. The predicted octanol–water partition coefficient (Wildman–Crippen LogP) is 5.12. The minimum Gasteiger partial charge on any atom is -0.0648 e. The lowest BCUT2D eigenvalue weighted by Crippen LogP contribution is -2.55. The molecule has 104 valence electrons. The Labute approximate surface area is 124 Å². The molecule has 0 N–H and O–H groups in total. The van der Waals surface area contributed by atoms with E-state index in [0.29, 0.717) is 0 Å². The van der Waals surface area contributed by atoms with Crippen LogP contribution in [0.4, 0.5) is 0 Å². The van der Waals surface area contributed by atoms with E-state index < -0.39 is 8.07 Å². The van der Waals surface area contributed by atoms with Gasteiger partial charge in [-0.15, -0.1) is 0 Å². The maximum absolute atomic E-state index is 5.46. The van der Waals surface area contributed by atoms with Gasteiger partial charge in [0.05, 0.1) is 8.07 Å². The van der Waals surface area contributed by atoms with Crippen LogP contribution in [0.15, 0.2) is 24.3 Å². The highest BCUT2D eigenvalue weighted by Gasteiger charge is 2.43. The summed E-state index contributed by atoms with van der Waals surface area (Å²) in [5.41, 5.74) is 3.20. The first-order valence-corrected chi connectivity index (χ1v) is 9.70. The topological polar surface area (TPSA) is 0 Å². The first-order chi connectivity index (χ1) is 8.87. The Morgan fingerprint density at radius 3 is 1.58 bits per heavy atom. The highest BCUT2D eigenvalue weighted by molar-refractivity contribution is 6.95. The summed E-state index contributed by atoms with van der Waals surface area (Å²) in [7, 11) is -1.53. The summed E-state index contributed by atoms with van der Waals surface area (Å²) in [5.74, 6) is 2.90. The fourth-order valence-electron chi connectivity index (χ4n) is 3.90. The van der Waals surface area contributed by atoms with Crippen molar-refractivity contribution in [2.75, 3.05) is 0 Å². The summed E-state index contributed by atoms with van der Waals surface area (Å²) < 4.78 is 0. The smallest absolute Gasteiger partial charge is 0.0648 e. The Bertz CT molecular complexity index is 439. The van der Waals surface area contributed by atoms with Crippen LogP contribution < -0.4 is 5.19 Å². The largest absolute Gasteiger partial charge is 0.0942 e. The van der Waals surface area contributed by atoms with Gasteiger partial charge in [0, 0.05) is 10.9 Å². The van der Waals surface area contributed by atoms with Crippen molar-refractivity contribution in [1.82, 2.24) is 0 Å². The molecular weight excluding hydrogens is 268 g/mol. The average molecular weight is 293 g/mol. The molecule has 0 aliphatic carbocycles. The van der Waals surface area contributed by atoms with Crippen LogP contribution >= 0.6 is 11.6 Å². The molecule has 0 aliphatic rings. The van der Waals surface area contributed by atoms with Crippen molar-refractivity contribution >= 4 is 24.9 Å². The van der Waals surface area contributed by atoms with Gasteiger partial charge in [0.25, 0.3) is 0 Å². The van der Waals surface area contributed by atoms with Gasteiger partial charge >= 0.3 is 0 Å². The predicted molar refractivity (Wildman–Crippen MR) is 89.9 cm³/mol. The van der Waals surface area contributed by atoms with Gasteiger partial charge in [-0.1, -0.05) is 58.9 Å². The van der Waals surface area contributed by atoms with Crippen LogP contribution in [0.1, 0.15) is 47.1 Å². The Balaban J connectivity index is 3.35. The van der Waals surface area contributed by atoms with Gasteiger partial charge in [0.1, 0.15) is 0 Å². The van der Waals surface area contributed by atoms with E-state index in [1.807, 2.05) is 0 Å². The molecule has 2 heteroatoms. The Morgan fingerprint density at radius 2 is 1.26 bits per heavy atom. The molecule has 0 atom stereocenters. The fraction of sp³-hybridized carbons (Fsp3) is 0.529. The summed E-state index contributed by atoms with van der Waals surface area (Å²) in [6.45, 7) is 14.3. The minimum absolute atomic E-state index is 0.734. The maximum Gasteiger partial charge on any atom is 0.0942 e. The van der Waals surface area contributed by atoms with E-state index in [1.165, 1.54) is 0 Å². The molecule has 0 amide bonds. The molecule has 0 saturated heterocycles. The second-order valence-electron chi connectivity index (χ2n) is 6.19. The molecule has 0 radical (unpaired) electrons. The van der Waals surface area contributed by atoms with E-state index >= 15 is 0 Å². The lowest BCUT2D eigenvalue weighted by atomic mass is 10.2. The second kappa shape index (κ2) is 6.64. The van der Waals surface area contributed by atoms with Gasteiger partial charge in [-0.05, 0) is 46.3 Å². The van der Waals surface area contributed by atoms with Crippen molar-refractivity contribution < 1.29 is 0 Å². The van der Waals surface area contributed by atoms with E-state index in [9.17, 15) is 0 Å². The lowest BCUT2D eigenvalue weighted by molar-refractivity contribution is 0.835. The average Bonchev–Trinajstić information content (AvgIpc) is 2.31. The zero-order valence-electron chi connectivity index (χ0n) is 12.9. The third-order valence-electron chi connectivity index (χ3n) is 4.44. The number of halogens is 1.